The van der Waals surface area contributed by atoms with Crippen LogP contribution in [0.5, 0.6) is 0 Å². The summed E-state index contributed by atoms with van der Waals surface area (Å²) in [7, 11) is 0. The van der Waals surface area contributed by atoms with E-state index in [1.54, 1.807) is 0 Å². The minimum absolute atomic E-state index is 0.00782. The molecule has 2 aliphatic rings. The predicted molar refractivity (Wildman–Crippen MR) is 116 cm³/mol. The Bertz CT molecular complexity index is 606. The Morgan fingerprint density at radius 3 is 2.42 bits per heavy atom. The molecule has 1 N–H and O–H groups in total. The monoisotopic (exact) mass is 391 g/mol. The fourth-order valence-electron chi connectivity index (χ4n) is 3.51. The van der Waals surface area contributed by atoms with E-state index in [-0.39, 0.29) is 5.91 Å². The van der Waals surface area contributed by atoms with Crippen LogP contribution in [0, 0.1) is 5.92 Å². The van der Waals surface area contributed by atoms with Crippen LogP contribution in [0.1, 0.15) is 39.0 Å². The van der Waals surface area contributed by atoms with Crippen LogP contribution in [0.15, 0.2) is 24.3 Å². The van der Waals surface area contributed by atoms with Gasteiger partial charge in [-0.1, -0.05) is 30.9 Å². The van der Waals surface area contributed by atoms with Crippen LogP contribution in [-0.2, 0) is 4.79 Å². The van der Waals surface area contributed by atoms with Gasteiger partial charge in [0.15, 0.2) is 0 Å². The van der Waals surface area contributed by atoms with Gasteiger partial charge >= 0.3 is 0 Å². The molecule has 26 heavy (non-hydrogen) atoms. The van der Waals surface area contributed by atoms with Crippen LogP contribution < -0.4 is 10.2 Å². The van der Waals surface area contributed by atoms with Gasteiger partial charge in [-0.25, -0.2) is 0 Å². The van der Waals surface area contributed by atoms with Crippen LogP contribution in [0.2, 0.25) is 0 Å². The number of hydrogen-bond donors (Lipinski definition) is 1. The first-order valence-electron chi connectivity index (χ1n) is 9.68. The molecule has 0 aliphatic carbocycles. The molecule has 0 spiro atoms. The van der Waals surface area contributed by atoms with Crippen LogP contribution in [0.4, 0.5) is 11.4 Å². The molecule has 6 heteroatoms. The van der Waals surface area contributed by atoms with Crippen molar-refractivity contribution in [1.29, 1.82) is 0 Å². The van der Waals surface area contributed by atoms with Crippen molar-refractivity contribution in [3.05, 3.63) is 24.3 Å². The van der Waals surface area contributed by atoms with Crippen molar-refractivity contribution in [3.63, 3.8) is 0 Å². The molecular weight excluding hydrogens is 362 g/mol. The Morgan fingerprint density at radius 1 is 1.12 bits per heavy atom. The van der Waals surface area contributed by atoms with Gasteiger partial charge in [-0.3, -0.25) is 4.79 Å². The fourth-order valence-corrected chi connectivity index (χ4v) is 4.57. The van der Waals surface area contributed by atoms with E-state index in [0.29, 0.717) is 5.75 Å². The summed E-state index contributed by atoms with van der Waals surface area (Å²) >= 11 is 6.96. The number of amides is 1. The Kier molecular flexibility index (Phi) is 7.20. The third-order valence-electron chi connectivity index (χ3n) is 5.24. The van der Waals surface area contributed by atoms with E-state index >= 15 is 0 Å². The average molecular weight is 392 g/mol. The first-order chi connectivity index (χ1) is 12.6. The second-order valence-electron chi connectivity index (χ2n) is 7.37. The minimum Gasteiger partial charge on any atom is -0.372 e. The molecule has 0 atom stereocenters. The fraction of sp³-hybridized carbons (Fsp3) is 0.600. The van der Waals surface area contributed by atoms with E-state index in [1.165, 1.54) is 49.6 Å². The van der Waals surface area contributed by atoms with E-state index in [1.807, 2.05) is 12.1 Å². The van der Waals surface area contributed by atoms with Crippen molar-refractivity contribution in [2.24, 2.45) is 5.92 Å². The molecule has 1 aromatic rings. The van der Waals surface area contributed by atoms with Crippen LogP contribution >= 0.6 is 24.0 Å². The average Bonchev–Trinajstić information content (AvgIpc) is 2.68. The number of piperidine rings is 2. The Morgan fingerprint density at radius 2 is 1.77 bits per heavy atom. The Balaban J connectivity index is 1.42. The number of carbonyl (C=O) groups excluding carboxylic acids is 1. The van der Waals surface area contributed by atoms with Crippen molar-refractivity contribution < 1.29 is 4.79 Å². The van der Waals surface area contributed by atoms with Gasteiger partial charge in [0, 0.05) is 37.6 Å². The molecule has 2 fully saturated rings. The van der Waals surface area contributed by atoms with Gasteiger partial charge < -0.3 is 15.1 Å². The summed E-state index contributed by atoms with van der Waals surface area (Å²) in [6.45, 7) is 6.60. The van der Waals surface area contributed by atoms with E-state index in [0.717, 1.165) is 42.1 Å². The zero-order chi connectivity index (χ0) is 18.4. The first-order valence-corrected chi connectivity index (χ1v) is 11.1. The zero-order valence-corrected chi connectivity index (χ0v) is 17.2. The van der Waals surface area contributed by atoms with Crippen molar-refractivity contribution in [2.45, 2.75) is 39.0 Å². The number of anilines is 2. The summed E-state index contributed by atoms with van der Waals surface area (Å²) in [5.41, 5.74) is 2.10. The lowest BCUT2D eigenvalue weighted by atomic mass is 10.00. The molecule has 2 aliphatic heterocycles. The van der Waals surface area contributed by atoms with Crippen molar-refractivity contribution >= 4 is 45.6 Å². The number of thioether (sulfide) groups is 1. The second kappa shape index (κ2) is 9.60. The topological polar surface area (TPSA) is 35.6 Å². The van der Waals surface area contributed by atoms with Crippen molar-refractivity contribution in [1.82, 2.24) is 4.90 Å². The summed E-state index contributed by atoms with van der Waals surface area (Å²) in [6.07, 6.45) is 6.25. The quantitative estimate of drug-likeness (QED) is 0.772. The maximum Gasteiger partial charge on any atom is 0.234 e. The number of rotatable bonds is 4. The van der Waals surface area contributed by atoms with Gasteiger partial charge in [0.1, 0.15) is 4.32 Å². The molecule has 0 radical (unpaired) electrons. The summed E-state index contributed by atoms with van der Waals surface area (Å²) in [4.78, 5) is 16.9. The largest absolute Gasteiger partial charge is 0.372 e. The number of nitrogens with zero attached hydrogens (tertiary/aromatic N) is 2. The molecule has 3 rings (SSSR count). The molecule has 1 aromatic carbocycles. The van der Waals surface area contributed by atoms with Crippen LogP contribution in [0.25, 0.3) is 0 Å². The molecular formula is C20H29N3OS2. The van der Waals surface area contributed by atoms with Crippen molar-refractivity contribution in [3.8, 4) is 0 Å². The molecule has 142 valence electrons. The number of nitrogens with one attached hydrogen (secondary N) is 1. The third kappa shape index (κ3) is 5.61. The standard InChI is InChI=1S/C20H29N3OS2/c1-16-9-13-23(14-10-16)20(25)26-15-19(24)21-17-5-7-18(8-6-17)22-11-3-2-4-12-22/h5-8,16H,2-4,9-15H2,1H3,(H,21,24). The highest BCUT2D eigenvalue weighted by Crippen LogP contribution is 2.23. The van der Waals surface area contributed by atoms with Gasteiger partial charge in [0.05, 0.1) is 5.75 Å². The molecule has 4 nitrogen and oxygen atoms in total. The lowest BCUT2D eigenvalue weighted by molar-refractivity contribution is -0.113. The molecule has 0 bridgehead atoms. The van der Waals surface area contributed by atoms with Gasteiger partial charge in [0.25, 0.3) is 0 Å². The van der Waals surface area contributed by atoms with Gasteiger partial charge in [-0.05, 0) is 62.3 Å². The van der Waals surface area contributed by atoms with E-state index in [9.17, 15) is 4.79 Å². The smallest absolute Gasteiger partial charge is 0.234 e. The SMILES string of the molecule is CC1CCN(C(=S)SCC(=O)Nc2ccc(N3CCCCC3)cc2)CC1. The molecule has 0 unspecified atom stereocenters. The maximum absolute atomic E-state index is 12.2. The molecule has 2 saturated heterocycles. The Labute approximate surface area is 166 Å². The molecule has 0 saturated carbocycles. The number of thiocarbonyl (C=S) groups is 1. The van der Waals surface area contributed by atoms with Gasteiger partial charge in [0.2, 0.25) is 5.91 Å². The number of benzene rings is 1. The Hall–Kier alpha value is -1.27. The number of hydrogen-bond acceptors (Lipinski definition) is 4. The lowest BCUT2D eigenvalue weighted by Gasteiger charge is -2.31. The molecule has 0 aromatic heterocycles. The molecule has 1 amide bonds. The van der Waals surface area contributed by atoms with Gasteiger partial charge in [-0.2, -0.15) is 0 Å². The summed E-state index contributed by atoms with van der Waals surface area (Å²) in [5, 5.41) is 2.98. The normalized spacial score (nSPS) is 18.7. The summed E-state index contributed by atoms with van der Waals surface area (Å²) < 4.78 is 0.854. The predicted octanol–water partition coefficient (Wildman–Crippen LogP) is 4.37. The highest BCUT2D eigenvalue weighted by molar-refractivity contribution is 8.23. The van der Waals surface area contributed by atoms with Gasteiger partial charge in [-0.15, -0.1) is 0 Å². The number of carbonyl (C=O) groups is 1. The third-order valence-corrected chi connectivity index (χ3v) is 6.76. The lowest BCUT2D eigenvalue weighted by Crippen LogP contribution is -2.36. The van der Waals surface area contributed by atoms with Crippen molar-refractivity contribution in [2.75, 3.05) is 42.1 Å². The van der Waals surface area contributed by atoms with Crippen LogP contribution in [-0.4, -0.2) is 47.1 Å². The van der Waals surface area contributed by atoms with E-state index in [4.69, 9.17) is 12.2 Å². The molecule has 2 heterocycles. The summed E-state index contributed by atoms with van der Waals surface area (Å²) in [5.74, 6) is 1.17. The van der Waals surface area contributed by atoms with E-state index < -0.39 is 0 Å². The maximum atomic E-state index is 12.2. The number of likely N-dealkylation sites (tertiary alicyclic amines) is 1. The minimum atomic E-state index is 0.00782. The van der Waals surface area contributed by atoms with Crippen LogP contribution in [0.3, 0.4) is 0 Å². The first kappa shape index (κ1) is 19.5. The van der Waals surface area contributed by atoms with E-state index in [2.05, 4.69) is 34.2 Å². The highest BCUT2D eigenvalue weighted by Gasteiger charge is 2.19. The second-order valence-corrected chi connectivity index (χ2v) is 8.98. The zero-order valence-electron chi connectivity index (χ0n) is 15.6. The summed E-state index contributed by atoms with van der Waals surface area (Å²) in [6, 6.07) is 8.20. The highest BCUT2D eigenvalue weighted by atomic mass is 32.2.